The van der Waals surface area contributed by atoms with E-state index in [2.05, 4.69) is 43.3 Å². The number of hydrogen-bond acceptors (Lipinski definition) is 3. The fourth-order valence-corrected chi connectivity index (χ4v) is 12.0. The molecule has 1 saturated heterocycles. The SMILES string of the molecule is CC1(C)OB(O[C@H](c2ccc3ccccc3c2)[C@@]2(C)C=[CH][Ge]([Cl])([Cl])[CH2]2)OC1(C)C. The van der Waals surface area contributed by atoms with Crippen LogP contribution in [0.4, 0.5) is 0 Å². The minimum atomic E-state index is -2.97. The van der Waals surface area contributed by atoms with Crippen LogP contribution in [0, 0.1) is 5.41 Å². The van der Waals surface area contributed by atoms with Crippen LogP contribution >= 0.6 is 20.0 Å². The van der Waals surface area contributed by atoms with Crippen molar-refractivity contribution >= 4 is 49.5 Å². The summed E-state index contributed by atoms with van der Waals surface area (Å²) in [5.74, 6) is 0. The van der Waals surface area contributed by atoms with E-state index in [-0.39, 0.29) is 11.5 Å². The second-order valence-corrected chi connectivity index (χ2v) is 22.1. The standard InChI is InChI=1S/C22H27BCl2GeO3/c1-20(2)21(3,4)29-23(28-20)27-19(22(5)12-13-26(24,25)15-22)18-11-10-16-8-6-7-9-17(16)14-18/h6-14,19H,15H2,1-5H3/t19-,22+/m1/s1. The number of rotatable bonds is 4. The van der Waals surface area contributed by atoms with Crippen molar-refractivity contribution in [1.29, 1.82) is 0 Å². The third-order valence-electron chi connectivity index (χ3n) is 6.48. The van der Waals surface area contributed by atoms with Gasteiger partial charge in [-0.05, 0) is 0 Å². The average molecular weight is 494 g/mol. The zero-order chi connectivity index (χ0) is 21.1. The molecule has 0 aliphatic carbocycles. The van der Waals surface area contributed by atoms with Gasteiger partial charge in [0.05, 0.1) is 0 Å². The summed E-state index contributed by atoms with van der Waals surface area (Å²) >= 11 is -2.97. The normalized spacial score (nSPS) is 28.2. The maximum absolute atomic E-state index is 6.63. The number of hydrogen-bond donors (Lipinski definition) is 0. The molecule has 0 aromatic heterocycles. The molecule has 2 heterocycles. The van der Waals surface area contributed by atoms with Crippen LogP contribution in [0.25, 0.3) is 10.8 Å². The average Bonchev–Trinajstić information content (AvgIpc) is 3.03. The molecule has 2 aliphatic heterocycles. The van der Waals surface area contributed by atoms with E-state index in [9.17, 15) is 0 Å². The Kier molecular flexibility index (Phi) is 5.46. The molecule has 2 atom stereocenters. The molecule has 29 heavy (non-hydrogen) atoms. The summed E-state index contributed by atoms with van der Waals surface area (Å²) in [4.78, 5) is 2.03. The van der Waals surface area contributed by atoms with Gasteiger partial charge in [-0.1, -0.05) is 0 Å². The first kappa shape index (κ1) is 21.7. The Labute approximate surface area is 184 Å². The van der Waals surface area contributed by atoms with E-state index in [0.717, 1.165) is 10.8 Å². The molecule has 0 amide bonds. The predicted molar refractivity (Wildman–Crippen MR) is 123 cm³/mol. The Morgan fingerprint density at radius 1 is 0.966 bits per heavy atom. The van der Waals surface area contributed by atoms with Gasteiger partial charge in [0.2, 0.25) is 0 Å². The summed E-state index contributed by atoms with van der Waals surface area (Å²) in [5.41, 5.74) is -0.175. The quantitative estimate of drug-likeness (QED) is 0.454. The molecule has 2 aromatic carbocycles. The number of benzene rings is 2. The first-order valence-electron chi connectivity index (χ1n) is 9.99. The van der Waals surface area contributed by atoms with Gasteiger partial charge in [0, 0.05) is 0 Å². The van der Waals surface area contributed by atoms with Gasteiger partial charge in [-0.2, -0.15) is 0 Å². The van der Waals surface area contributed by atoms with Crippen LogP contribution in [-0.4, -0.2) is 29.9 Å². The Morgan fingerprint density at radius 3 is 2.17 bits per heavy atom. The molecule has 2 aromatic rings. The summed E-state index contributed by atoms with van der Waals surface area (Å²) in [6.07, 6.45) is 1.85. The van der Waals surface area contributed by atoms with E-state index in [1.54, 1.807) is 0 Å². The van der Waals surface area contributed by atoms with Gasteiger partial charge in [0.15, 0.2) is 0 Å². The first-order chi connectivity index (χ1) is 13.4. The van der Waals surface area contributed by atoms with E-state index in [4.69, 9.17) is 34.0 Å². The van der Waals surface area contributed by atoms with Crippen molar-refractivity contribution in [2.24, 2.45) is 5.41 Å². The molecule has 154 valence electrons. The summed E-state index contributed by atoms with van der Waals surface area (Å²) in [6, 6.07) is 14.7. The van der Waals surface area contributed by atoms with Crippen molar-refractivity contribution in [2.45, 2.75) is 57.2 Å². The number of halogens is 2. The Bertz CT molecular complexity index is 946. The second-order valence-electron chi connectivity index (χ2n) is 9.44. The van der Waals surface area contributed by atoms with Crippen LogP contribution in [0.1, 0.15) is 46.3 Å². The van der Waals surface area contributed by atoms with E-state index < -0.39 is 29.9 Å². The van der Waals surface area contributed by atoms with Crippen LogP contribution < -0.4 is 0 Å². The molecule has 3 nitrogen and oxygen atoms in total. The Morgan fingerprint density at radius 2 is 1.59 bits per heavy atom. The Balaban J connectivity index is 1.71. The van der Waals surface area contributed by atoms with E-state index >= 15 is 0 Å². The van der Waals surface area contributed by atoms with E-state index in [1.165, 1.54) is 10.8 Å². The monoisotopic (exact) mass is 494 g/mol. The molecule has 2 aliphatic rings. The molecule has 0 unspecified atom stereocenters. The predicted octanol–water partition coefficient (Wildman–Crippen LogP) is 6.52. The number of fused-ring (bicyclic) bond motifs is 1. The first-order valence-corrected chi connectivity index (χ1v) is 18.2. The summed E-state index contributed by atoms with van der Waals surface area (Å²) < 4.78 is 18.8. The molecule has 0 saturated carbocycles. The fourth-order valence-electron chi connectivity index (χ4n) is 4.06. The van der Waals surface area contributed by atoms with Crippen molar-refractivity contribution in [3.63, 3.8) is 0 Å². The molecule has 1 fully saturated rings. The third kappa shape index (κ3) is 4.17. The molecule has 0 N–H and O–H groups in total. The van der Waals surface area contributed by atoms with Crippen LogP contribution in [-0.2, 0) is 14.0 Å². The second kappa shape index (κ2) is 7.29. The van der Waals surface area contributed by atoms with Gasteiger partial charge >= 0.3 is 185 Å². The van der Waals surface area contributed by atoms with Gasteiger partial charge in [-0.15, -0.1) is 0 Å². The summed E-state index contributed by atoms with van der Waals surface area (Å²) in [6.45, 7) is 10.3. The van der Waals surface area contributed by atoms with Crippen LogP contribution in [0.2, 0.25) is 5.25 Å². The molecule has 7 heteroatoms. The van der Waals surface area contributed by atoms with Gasteiger partial charge < -0.3 is 0 Å². The van der Waals surface area contributed by atoms with Gasteiger partial charge in [0.1, 0.15) is 0 Å². The fraction of sp³-hybridized carbons (Fsp3) is 0.455. The molecule has 0 radical (unpaired) electrons. The van der Waals surface area contributed by atoms with Crippen molar-refractivity contribution in [3.05, 3.63) is 59.0 Å². The molecule has 0 bridgehead atoms. The van der Waals surface area contributed by atoms with Crippen LogP contribution in [0.5, 0.6) is 0 Å². The van der Waals surface area contributed by atoms with Crippen molar-refractivity contribution in [1.82, 2.24) is 0 Å². The topological polar surface area (TPSA) is 27.7 Å². The van der Waals surface area contributed by atoms with Gasteiger partial charge in [-0.3, -0.25) is 0 Å². The maximum atomic E-state index is 6.63. The van der Waals surface area contributed by atoms with Gasteiger partial charge in [0.25, 0.3) is 0 Å². The van der Waals surface area contributed by atoms with E-state index in [1.807, 2.05) is 44.7 Å². The molecule has 4 rings (SSSR count). The van der Waals surface area contributed by atoms with Crippen molar-refractivity contribution < 1.29 is 14.0 Å². The molecule has 0 spiro atoms. The van der Waals surface area contributed by atoms with Crippen molar-refractivity contribution in [3.8, 4) is 0 Å². The van der Waals surface area contributed by atoms with Gasteiger partial charge in [-0.25, -0.2) is 0 Å². The Hall–Kier alpha value is -0.492. The van der Waals surface area contributed by atoms with Crippen LogP contribution in [0.15, 0.2) is 53.4 Å². The minimum absolute atomic E-state index is 0.289. The zero-order valence-electron chi connectivity index (χ0n) is 17.5. The van der Waals surface area contributed by atoms with Crippen LogP contribution in [0.3, 0.4) is 0 Å². The third-order valence-corrected chi connectivity index (χ3v) is 13.1. The zero-order valence-corrected chi connectivity index (χ0v) is 21.1. The van der Waals surface area contributed by atoms with Crippen molar-refractivity contribution in [2.75, 3.05) is 0 Å². The molecular weight excluding hydrogens is 467 g/mol. The summed E-state index contributed by atoms with van der Waals surface area (Å²) in [7, 11) is 12.5. The van der Waals surface area contributed by atoms with E-state index in [0.29, 0.717) is 0 Å². The molecular formula is C22H27BCl2GeO3. The summed E-state index contributed by atoms with van der Waals surface area (Å²) in [5, 5.41) is 3.09.